The minimum absolute atomic E-state index is 0.167. The Morgan fingerprint density at radius 3 is 2.67 bits per heavy atom. The first kappa shape index (κ1) is 13.9. The van der Waals surface area contributed by atoms with E-state index >= 15 is 0 Å². The van der Waals surface area contributed by atoms with E-state index < -0.39 is 11.7 Å². The number of amides is 1. The third kappa shape index (κ3) is 2.57. The highest BCUT2D eigenvalue weighted by atomic mass is 35.5. The number of carbonyl (C=O) groups is 1. The van der Waals surface area contributed by atoms with Crippen LogP contribution in [0.5, 0.6) is 0 Å². The highest BCUT2D eigenvalue weighted by Gasteiger charge is 2.14. The summed E-state index contributed by atoms with van der Waals surface area (Å²) in [5.41, 5.74) is 1.30. The lowest BCUT2D eigenvalue weighted by molar-refractivity contribution is 0.102. The first-order valence-electron chi connectivity index (χ1n) is 5.94. The molecule has 21 heavy (non-hydrogen) atoms. The summed E-state index contributed by atoms with van der Waals surface area (Å²) in [5, 5.41) is 2.29. The fourth-order valence-corrected chi connectivity index (χ4v) is 2.41. The molecule has 0 aliphatic heterocycles. The lowest BCUT2D eigenvalue weighted by Gasteiger charge is -2.08. The van der Waals surface area contributed by atoms with Gasteiger partial charge in [0, 0.05) is 24.2 Å². The molecule has 0 aliphatic rings. The highest BCUT2D eigenvalue weighted by Crippen LogP contribution is 2.25. The van der Waals surface area contributed by atoms with E-state index in [2.05, 4.69) is 10.3 Å². The van der Waals surface area contributed by atoms with E-state index in [1.165, 1.54) is 12.1 Å². The van der Waals surface area contributed by atoms with Crippen molar-refractivity contribution in [3.8, 4) is 0 Å². The van der Waals surface area contributed by atoms with Crippen molar-refractivity contribution >= 4 is 40.4 Å². The molecule has 0 radical (unpaired) electrons. The molecule has 0 saturated carbocycles. The second kappa shape index (κ2) is 5.35. The Balaban J connectivity index is 1.95. The summed E-state index contributed by atoms with van der Waals surface area (Å²) >= 11 is 11.4. The molecule has 0 fully saturated rings. The van der Waals surface area contributed by atoms with Crippen molar-refractivity contribution in [1.82, 2.24) is 9.38 Å². The fraction of sp³-hybridized carbons (Fsp3) is 0. The van der Waals surface area contributed by atoms with Gasteiger partial charge in [-0.25, -0.2) is 9.37 Å². The maximum Gasteiger partial charge on any atom is 0.255 e. The Morgan fingerprint density at radius 2 is 1.95 bits per heavy atom. The maximum absolute atomic E-state index is 13.4. The number of nitrogens with one attached hydrogen (secondary N) is 1. The number of carbonyl (C=O) groups excluding carboxylic acids is 1. The first-order valence-corrected chi connectivity index (χ1v) is 6.69. The molecule has 2 heterocycles. The number of halogens is 3. The second-order valence-corrected chi connectivity index (χ2v) is 5.10. The van der Waals surface area contributed by atoms with Crippen molar-refractivity contribution in [2.45, 2.75) is 0 Å². The Kier molecular flexibility index (Phi) is 3.53. The number of hydrogen-bond donors (Lipinski definition) is 1. The molecule has 0 unspecified atom stereocenters. The van der Waals surface area contributed by atoms with E-state index in [9.17, 15) is 9.18 Å². The summed E-state index contributed by atoms with van der Waals surface area (Å²) in [7, 11) is 0. The van der Waals surface area contributed by atoms with Crippen LogP contribution in [-0.2, 0) is 0 Å². The molecule has 3 aromatic rings. The molecular formula is C14H8Cl2FN3O. The molecule has 0 saturated heterocycles. The van der Waals surface area contributed by atoms with Gasteiger partial charge in [0.15, 0.2) is 11.5 Å². The van der Waals surface area contributed by atoms with E-state index in [1.807, 2.05) is 6.20 Å². The molecule has 1 N–H and O–H groups in total. The lowest BCUT2D eigenvalue weighted by Crippen LogP contribution is -2.13. The summed E-state index contributed by atoms with van der Waals surface area (Å²) in [5.74, 6) is -1.19. The molecule has 0 spiro atoms. The third-order valence-electron chi connectivity index (χ3n) is 2.91. The third-order valence-corrected chi connectivity index (χ3v) is 3.46. The predicted molar refractivity (Wildman–Crippen MR) is 79.6 cm³/mol. The summed E-state index contributed by atoms with van der Waals surface area (Å²) in [6, 6.07) is 5.94. The van der Waals surface area contributed by atoms with Gasteiger partial charge in [0.1, 0.15) is 0 Å². The van der Waals surface area contributed by atoms with Crippen LogP contribution in [0.2, 0.25) is 10.0 Å². The Morgan fingerprint density at radius 1 is 1.24 bits per heavy atom. The Labute approximate surface area is 129 Å². The molecule has 3 rings (SSSR count). The van der Waals surface area contributed by atoms with E-state index in [4.69, 9.17) is 23.2 Å². The quantitative estimate of drug-likeness (QED) is 0.724. The topological polar surface area (TPSA) is 46.4 Å². The molecule has 0 atom stereocenters. The van der Waals surface area contributed by atoms with E-state index in [0.717, 1.165) is 0 Å². The van der Waals surface area contributed by atoms with E-state index in [-0.39, 0.29) is 15.6 Å². The Hall–Kier alpha value is -2.11. The van der Waals surface area contributed by atoms with Crippen molar-refractivity contribution in [1.29, 1.82) is 0 Å². The highest BCUT2D eigenvalue weighted by molar-refractivity contribution is 6.35. The zero-order valence-electron chi connectivity index (χ0n) is 10.5. The van der Waals surface area contributed by atoms with Gasteiger partial charge in [-0.15, -0.1) is 0 Å². The minimum atomic E-state index is -0.745. The number of fused-ring (bicyclic) bond motifs is 1. The number of nitrogens with zero attached hydrogens (tertiary/aromatic N) is 2. The number of hydrogen-bond acceptors (Lipinski definition) is 2. The van der Waals surface area contributed by atoms with Gasteiger partial charge in [-0.1, -0.05) is 23.2 Å². The van der Waals surface area contributed by atoms with Crippen molar-refractivity contribution in [2.24, 2.45) is 0 Å². The normalized spacial score (nSPS) is 10.8. The molecule has 0 bridgehead atoms. The zero-order valence-corrected chi connectivity index (χ0v) is 12.0. The van der Waals surface area contributed by atoms with Gasteiger partial charge < -0.3 is 9.72 Å². The average molecular weight is 324 g/mol. The number of imidazole rings is 1. The van der Waals surface area contributed by atoms with Crippen molar-refractivity contribution < 1.29 is 9.18 Å². The van der Waals surface area contributed by atoms with Crippen LogP contribution in [0.3, 0.4) is 0 Å². The first-order chi connectivity index (χ1) is 10.1. The van der Waals surface area contributed by atoms with Crippen LogP contribution < -0.4 is 5.32 Å². The van der Waals surface area contributed by atoms with Crippen molar-refractivity contribution in [3.05, 3.63) is 64.3 Å². The van der Waals surface area contributed by atoms with Crippen LogP contribution in [0.25, 0.3) is 5.65 Å². The van der Waals surface area contributed by atoms with Gasteiger partial charge in [-0.2, -0.15) is 0 Å². The van der Waals surface area contributed by atoms with Gasteiger partial charge in [0.2, 0.25) is 0 Å². The molecule has 106 valence electrons. The second-order valence-electron chi connectivity index (χ2n) is 4.29. The standard InChI is InChI=1S/C14H8Cl2FN3O/c15-9-6-8(7-10(16)12(9)17)14(21)19-11-2-1-4-20-5-3-18-13(11)20/h1-7H,(H,19,21). The number of rotatable bonds is 2. The smallest absolute Gasteiger partial charge is 0.255 e. The van der Waals surface area contributed by atoms with Crippen LogP contribution in [-0.4, -0.2) is 15.3 Å². The van der Waals surface area contributed by atoms with Gasteiger partial charge >= 0.3 is 0 Å². The average Bonchev–Trinajstić information content (AvgIpc) is 2.93. The molecular weight excluding hydrogens is 316 g/mol. The van der Waals surface area contributed by atoms with Gasteiger partial charge in [0.05, 0.1) is 15.7 Å². The Bertz CT molecular complexity index is 824. The molecule has 1 aromatic carbocycles. The van der Waals surface area contributed by atoms with Crippen LogP contribution in [0.4, 0.5) is 10.1 Å². The molecule has 7 heteroatoms. The van der Waals surface area contributed by atoms with Crippen LogP contribution in [0.1, 0.15) is 10.4 Å². The summed E-state index contributed by atoms with van der Waals surface area (Å²) in [6.45, 7) is 0. The summed E-state index contributed by atoms with van der Waals surface area (Å²) in [4.78, 5) is 16.4. The van der Waals surface area contributed by atoms with Crippen LogP contribution in [0, 0.1) is 5.82 Å². The van der Waals surface area contributed by atoms with Crippen molar-refractivity contribution in [2.75, 3.05) is 5.32 Å². The maximum atomic E-state index is 13.4. The summed E-state index contributed by atoms with van der Waals surface area (Å²) in [6.07, 6.45) is 5.19. The predicted octanol–water partition coefficient (Wildman–Crippen LogP) is 4.03. The minimum Gasteiger partial charge on any atom is -0.319 e. The molecule has 0 aliphatic carbocycles. The van der Waals surface area contributed by atoms with Gasteiger partial charge in [0.25, 0.3) is 5.91 Å². The lowest BCUT2D eigenvalue weighted by atomic mass is 10.2. The SMILES string of the molecule is O=C(Nc1cccn2ccnc12)c1cc(Cl)c(F)c(Cl)c1. The number of benzene rings is 1. The number of anilines is 1. The van der Waals surface area contributed by atoms with Crippen molar-refractivity contribution in [3.63, 3.8) is 0 Å². The zero-order chi connectivity index (χ0) is 15.0. The van der Waals surface area contributed by atoms with E-state index in [1.54, 1.807) is 28.9 Å². The largest absolute Gasteiger partial charge is 0.319 e. The number of aromatic nitrogens is 2. The fourth-order valence-electron chi connectivity index (χ4n) is 1.93. The molecule has 4 nitrogen and oxygen atoms in total. The van der Waals surface area contributed by atoms with Gasteiger partial charge in [-0.3, -0.25) is 4.79 Å². The van der Waals surface area contributed by atoms with Crippen LogP contribution >= 0.6 is 23.2 Å². The summed E-state index contributed by atoms with van der Waals surface area (Å²) < 4.78 is 15.1. The van der Waals surface area contributed by atoms with Crippen LogP contribution in [0.15, 0.2) is 42.9 Å². The molecule has 1 amide bonds. The number of pyridine rings is 1. The van der Waals surface area contributed by atoms with E-state index in [0.29, 0.717) is 11.3 Å². The van der Waals surface area contributed by atoms with Gasteiger partial charge in [-0.05, 0) is 24.3 Å². The molecule has 2 aromatic heterocycles. The monoisotopic (exact) mass is 323 g/mol.